The highest BCUT2D eigenvalue weighted by molar-refractivity contribution is 9.13. The average molecular weight is 447 g/mol. The van der Waals surface area contributed by atoms with Crippen molar-refractivity contribution in [2.24, 2.45) is 0 Å². The second-order valence-electron chi connectivity index (χ2n) is 2.98. The van der Waals surface area contributed by atoms with Gasteiger partial charge in [0, 0.05) is 13.4 Å². The van der Waals surface area contributed by atoms with E-state index in [1.165, 1.54) is 0 Å². The molecule has 0 bridgehead atoms. The van der Waals surface area contributed by atoms with Crippen LogP contribution in [0.1, 0.15) is 31.1 Å². The van der Waals surface area contributed by atoms with Gasteiger partial charge in [-0.15, -0.1) is 0 Å². The molecule has 0 amide bonds. The first-order chi connectivity index (χ1) is 8.20. The summed E-state index contributed by atoms with van der Waals surface area (Å²) in [5.74, 6) is -4.43. The van der Waals surface area contributed by atoms with Crippen molar-refractivity contribution in [2.75, 3.05) is 0 Å². The van der Waals surface area contributed by atoms with Crippen LogP contribution in [0, 0.1) is 0 Å². The third kappa shape index (κ3) is 2.43. The Morgan fingerprint density at radius 2 is 0.889 bits per heavy atom. The number of carboxylic acids is 3. The van der Waals surface area contributed by atoms with Crippen molar-refractivity contribution in [1.29, 1.82) is 0 Å². The zero-order chi connectivity index (χ0) is 14.2. The highest BCUT2D eigenvalue weighted by Gasteiger charge is 2.30. The number of hydrogen-bond donors (Lipinski definition) is 3. The number of carboxylic acid groups (broad SMARTS) is 3. The van der Waals surface area contributed by atoms with E-state index in [-0.39, 0.29) is 19.0 Å². The van der Waals surface area contributed by atoms with Gasteiger partial charge in [0.15, 0.2) is 0 Å². The Labute approximate surface area is 125 Å². The lowest BCUT2D eigenvalue weighted by molar-refractivity contribution is 0.0646. The van der Waals surface area contributed by atoms with Crippen molar-refractivity contribution < 1.29 is 29.7 Å². The van der Waals surface area contributed by atoms with Crippen LogP contribution in [0.5, 0.6) is 0 Å². The lowest BCUT2D eigenvalue weighted by Gasteiger charge is -2.12. The standard InChI is InChI=1S/C9H3Br3O6/c10-4-1(7(13)14)2(8(15)16)5(11)6(12)3(4)9(17)18/h(H,13,14)(H,15,16)(H,17,18). The second-order valence-corrected chi connectivity index (χ2v) is 5.36. The van der Waals surface area contributed by atoms with Gasteiger partial charge in [0.25, 0.3) is 0 Å². The van der Waals surface area contributed by atoms with E-state index in [0.29, 0.717) is 0 Å². The lowest BCUT2D eigenvalue weighted by atomic mass is 10.0. The summed E-state index contributed by atoms with van der Waals surface area (Å²) >= 11 is 8.61. The van der Waals surface area contributed by atoms with Crippen LogP contribution < -0.4 is 0 Å². The van der Waals surface area contributed by atoms with E-state index in [2.05, 4.69) is 47.8 Å². The summed E-state index contributed by atoms with van der Waals surface area (Å²) in [7, 11) is 0. The topological polar surface area (TPSA) is 112 Å². The minimum Gasteiger partial charge on any atom is -0.478 e. The fraction of sp³-hybridized carbons (Fsp3) is 0. The Balaban J connectivity index is 3.94. The number of hydrogen-bond acceptors (Lipinski definition) is 3. The van der Waals surface area contributed by atoms with Gasteiger partial charge in [0.1, 0.15) is 0 Å². The van der Waals surface area contributed by atoms with Crippen molar-refractivity contribution in [3.8, 4) is 0 Å². The molecule has 6 nitrogen and oxygen atoms in total. The molecule has 0 aliphatic rings. The second kappa shape index (κ2) is 5.37. The highest BCUT2D eigenvalue weighted by atomic mass is 79.9. The molecule has 0 aliphatic carbocycles. The molecule has 0 spiro atoms. The van der Waals surface area contributed by atoms with Crippen molar-refractivity contribution in [1.82, 2.24) is 0 Å². The zero-order valence-corrected chi connectivity index (χ0v) is 13.0. The van der Waals surface area contributed by atoms with Gasteiger partial charge in [0.05, 0.1) is 16.7 Å². The minimum absolute atomic E-state index is 0.0516. The molecule has 0 radical (unpaired) electrons. The van der Waals surface area contributed by atoms with Crippen molar-refractivity contribution in [3.05, 3.63) is 30.1 Å². The van der Waals surface area contributed by atoms with Crippen LogP contribution in [-0.4, -0.2) is 33.2 Å². The summed E-state index contributed by atoms with van der Waals surface area (Å²) in [6.07, 6.45) is 0. The number of benzene rings is 1. The highest BCUT2D eigenvalue weighted by Crippen LogP contribution is 2.39. The van der Waals surface area contributed by atoms with E-state index in [9.17, 15) is 14.4 Å². The molecule has 1 aromatic rings. The quantitative estimate of drug-likeness (QED) is 0.615. The molecule has 18 heavy (non-hydrogen) atoms. The Hall–Kier alpha value is -0.930. The molecule has 1 aromatic carbocycles. The van der Waals surface area contributed by atoms with Crippen LogP contribution in [0.15, 0.2) is 13.4 Å². The molecule has 0 saturated heterocycles. The van der Waals surface area contributed by atoms with Gasteiger partial charge >= 0.3 is 17.9 Å². The zero-order valence-electron chi connectivity index (χ0n) is 8.20. The first-order valence-corrected chi connectivity index (χ1v) is 6.48. The van der Waals surface area contributed by atoms with Gasteiger partial charge in [0.2, 0.25) is 0 Å². The molecule has 9 heteroatoms. The minimum atomic E-state index is -1.55. The predicted octanol–water partition coefficient (Wildman–Crippen LogP) is 3.07. The average Bonchev–Trinajstić information content (AvgIpc) is 2.21. The summed E-state index contributed by atoms with van der Waals surface area (Å²) < 4.78 is -0.507. The number of carbonyl (C=O) groups is 3. The fourth-order valence-corrected chi connectivity index (χ4v) is 3.38. The van der Waals surface area contributed by atoms with Gasteiger partial charge in [-0.05, 0) is 47.8 Å². The van der Waals surface area contributed by atoms with Crippen LogP contribution in [0.2, 0.25) is 0 Å². The van der Waals surface area contributed by atoms with Crippen LogP contribution in [0.25, 0.3) is 0 Å². The van der Waals surface area contributed by atoms with Crippen molar-refractivity contribution in [3.63, 3.8) is 0 Å². The maximum atomic E-state index is 11.1. The first kappa shape index (κ1) is 15.1. The number of rotatable bonds is 3. The molecule has 0 atom stereocenters. The van der Waals surface area contributed by atoms with E-state index in [4.69, 9.17) is 15.3 Å². The molecule has 96 valence electrons. The van der Waals surface area contributed by atoms with E-state index in [1.54, 1.807) is 0 Å². The van der Waals surface area contributed by atoms with E-state index in [0.717, 1.165) is 0 Å². The maximum absolute atomic E-state index is 11.1. The Bertz CT molecular complexity index is 580. The van der Waals surface area contributed by atoms with Crippen molar-refractivity contribution in [2.45, 2.75) is 0 Å². The number of halogens is 3. The Morgan fingerprint density at radius 1 is 0.611 bits per heavy atom. The van der Waals surface area contributed by atoms with E-state index in [1.807, 2.05) is 0 Å². The van der Waals surface area contributed by atoms with E-state index < -0.39 is 29.0 Å². The smallest absolute Gasteiger partial charge is 0.338 e. The summed E-state index contributed by atoms with van der Waals surface area (Å²) in [6.45, 7) is 0. The SMILES string of the molecule is O=C(O)c1c(Br)c(Br)c(C(=O)O)c(C(=O)O)c1Br. The molecule has 0 aliphatic heterocycles. The molecule has 0 fully saturated rings. The summed E-state index contributed by atoms with van der Waals surface area (Å²) in [4.78, 5) is 33.1. The van der Waals surface area contributed by atoms with Gasteiger partial charge in [-0.3, -0.25) is 0 Å². The summed E-state index contributed by atoms with van der Waals surface area (Å²) in [5, 5.41) is 27.0. The van der Waals surface area contributed by atoms with Crippen LogP contribution in [-0.2, 0) is 0 Å². The molecular formula is C9H3Br3O6. The monoisotopic (exact) mass is 444 g/mol. The Morgan fingerprint density at radius 3 is 1.22 bits per heavy atom. The fourth-order valence-electron chi connectivity index (χ4n) is 1.25. The molecule has 0 aromatic heterocycles. The van der Waals surface area contributed by atoms with Crippen LogP contribution in [0.3, 0.4) is 0 Å². The van der Waals surface area contributed by atoms with Gasteiger partial charge in [-0.2, -0.15) is 0 Å². The largest absolute Gasteiger partial charge is 0.478 e. The number of aromatic carboxylic acids is 3. The summed E-state index contributed by atoms with van der Waals surface area (Å²) in [6, 6.07) is 0. The lowest BCUT2D eigenvalue weighted by Crippen LogP contribution is -2.14. The molecule has 3 N–H and O–H groups in total. The molecule has 1 rings (SSSR count). The summed E-state index contributed by atoms with van der Waals surface area (Å²) in [5.41, 5.74) is -1.54. The first-order valence-electron chi connectivity index (χ1n) is 4.10. The van der Waals surface area contributed by atoms with Crippen molar-refractivity contribution >= 4 is 65.7 Å². The maximum Gasteiger partial charge on any atom is 0.338 e. The molecular weight excluding hydrogens is 444 g/mol. The van der Waals surface area contributed by atoms with Crippen LogP contribution >= 0.6 is 47.8 Å². The molecule has 0 heterocycles. The predicted molar refractivity (Wildman–Crippen MR) is 70.4 cm³/mol. The molecule has 0 saturated carbocycles. The van der Waals surface area contributed by atoms with Gasteiger partial charge < -0.3 is 15.3 Å². The Kier molecular flexibility index (Phi) is 4.51. The van der Waals surface area contributed by atoms with Gasteiger partial charge in [-0.1, -0.05) is 0 Å². The van der Waals surface area contributed by atoms with Gasteiger partial charge in [-0.25, -0.2) is 14.4 Å². The van der Waals surface area contributed by atoms with E-state index >= 15 is 0 Å². The molecule has 0 unspecified atom stereocenters. The van der Waals surface area contributed by atoms with Crippen LogP contribution in [0.4, 0.5) is 0 Å². The third-order valence-corrected chi connectivity index (χ3v) is 4.87. The normalized spacial score (nSPS) is 10.2. The third-order valence-electron chi connectivity index (χ3n) is 1.96.